The molecule has 1 aromatic heterocycles. The van der Waals surface area contributed by atoms with Gasteiger partial charge in [0.2, 0.25) is 0 Å². The molecule has 15 heavy (non-hydrogen) atoms. The molecule has 0 unspecified atom stereocenters. The van der Waals surface area contributed by atoms with Gasteiger partial charge in [-0.25, -0.2) is 0 Å². The van der Waals surface area contributed by atoms with Crippen LogP contribution in [-0.4, -0.2) is 28.9 Å². The van der Waals surface area contributed by atoms with Crippen LogP contribution in [0.5, 0.6) is 0 Å². The van der Waals surface area contributed by atoms with Gasteiger partial charge in [0.1, 0.15) is 0 Å². The Morgan fingerprint density at radius 3 is 2.73 bits per heavy atom. The fourth-order valence-electron chi connectivity index (χ4n) is 1.62. The van der Waals surface area contributed by atoms with Crippen LogP contribution < -0.4 is 0 Å². The molecule has 0 amide bonds. The Labute approximate surface area is 97.3 Å². The summed E-state index contributed by atoms with van der Waals surface area (Å²) >= 11 is 5.77. The third-order valence-electron chi connectivity index (χ3n) is 2.27. The fraction of sp³-hybridized carbons (Fsp3) is 0.583. The number of rotatable bonds is 6. The number of hydrogen-bond donors (Lipinski definition) is 0. The summed E-state index contributed by atoms with van der Waals surface area (Å²) < 4.78 is 0. The van der Waals surface area contributed by atoms with Crippen molar-refractivity contribution in [3.8, 4) is 0 Å². The highest BCUT2D eigenvalue weighted by molar-refractivity contribution is 6.18. The van der Waals surface area contributed by atoms with Gasteiger partial charge in [0.25, 0.3) is 0 Å². The van der Waals surface area contributed by atoms with E-state index >= 15 is 0 Å². The maximum Gasteiger partial charge on any atom is 0.0547 e. The predicted molar refractivity (Wildman–Crippen MR) is 65.3 cm³/mol. The summed E-state index contributed by atoms with van der Waals surface area (Å²) in [6.45, 7) is 7.13. The van der Waals surface area contributed by atoms with E-state index in [1.807, 2.05) is 13.0 Å². The maximum absolute atomic E-state index is 5.77. The van der Waals surface area contributed by atoms with Gasteiger partial charge in [-0.3, -0.25) is 9.88 Å². The van der Waals surface area contributed by atoms with Gasteiger partial charge in [0.05, 0.1) is 5.69 Å². The smallest absolute Gasteiger partial charge is 0.0547 e. The number of halogens is 1. The van der Waals surface area contributed by atoms with Crippen LogP contribution in [0.4, 0.5) is 0 Å². The Balaban J connectivity index is 2.56. The lowest BCUT2D eigenvalue weighted by Crippen LogP contribution is -2.26. The third-order valence-corrected chi connectivity index (χ3v) is 2.44. The highest BCUT2D eigenvalue weighted by Crippen LogP contribution is 2.04. The largest absolute Gasteiger partial charge is 0.296 e. The van der Waals surface area contributed by atoms with Crippen molar-refractivity contribution in [1.82, 2.24) is 9.88 Å². The second kappa shape index (κ2) is 6.81. The molecule has 0 fully saturated rings. The van der Waals surface area contributed by atoms with Gasteiger partial charge in [0, 0.05) is 24.7 Å². The summed E-state index contributed by atoms with van der Waals surface area (Å²) in [5, 5.41) is 0. The highest BCUT2D eigenvalue weighted by Gasteiger charge is 2.04. The van der Waals surface area contributed by atoms with Gasteiger partial charge >= 0.3 is 0 Å². The predicted octanol–water partition coefficient (Wildman–Crippen LogP) is 2.84. The summed E-state index contributed by atoms with van der Waals surface area (Å²) in [6, 6.07) is 6.15. The van der Waals surface area contributed by atoms with E-state index in [4.69, 9.17) is 11.6 Å². The Kier molecular flexibility index (Phi) is 5.66. The number of hydrogen-bond acceptors (Lipinski definition) is 2. The van der Waals surface area contributed by atoms with E-state index in [1.54, 1.807) is 0 Å². The second-order valence-corrected chi connectivity index (χ2v) is 4.11. The molecule has 0 atom stereocenters. The van der Waals surface area contributed by atoms with Crippen LogP contribution in [-0.2, 0) is 6.54 Å². The zero-order valence-corrected chi connectivity index (χ0v) is 10.3. The molecule has 0 aliphatic rings. The van der Waals surface area contributed by atoms with Crippen molar-refractivity contribution in [3.63, 3.8) is 0 Å². The third kappa shape index (κ3) is 4.63. The van der Waals surface area contributed by atoms with Gasteiger partial charge in [-0.1, -0.05) is 13.0 Å². The molecule has 0 spiro atoms. The van der Waals surface area contributed by atoms with E-state index in [2.05, 4.69) is 28.9 Å². The van der Waals surface area contributed by atoms with Crippen molar-refractivity contribution in [2.75, 3.05) is 19.0 Å². The van der Waals surface area contributed by atoms with Crippen LogP contribution in [0.1, 0.15) is 24.7 Å². The first kappa shape index (κ1) is 12.5. The van der Waals surface area contributed by atoms with Crippen molar-refractivity contribution < 1.29 is 0 Å². The molecule has 1 rings (SSSR count). The average molecular weight is 227 g/mol. The fourth-order valence-corrected chi connectivity index (χ4v) is 1.86. The molecule has 0 aliphatic heterocycles. The molecule has 1 aromatic rings. The first-order valence-electron chi connectivity index (χ1n) is 5.47. The number of alkyl halides is 1. The minimum atomic E-state index is 0.686. The lowest BCUT2D eigenvalue weighted by Gasteiger charge is -2.19. The van der Waals surface area contributed by atoms with E-state index in [-0.39, 0.29) is 0 Å². The maximum atomic E-state index is 5.77. The Bertz CT molecular complexity index is 283. The molecule has 2 nitrogen and oxygen atoms in total. The quantitative estimate of drug-likeness (QED) is 0.694. The number of nitrogens with zero attached hydrogens (tertiary/aromatic N) is 2. The summed E-state index contributed by atoms with van der Waals surface area (Å²) in [7, 11) is 0. The van der Waals surface area contributed by atoms with E-state index in [0.717, 1.165) is 37.4 Å². The molecule has 0 radical (unpaired) electrons. The first-order valence-corrected chi connectivity index (χ1v) is 6.00. The summed E-state index contributed by atoms with van der Waals surface area (Å²) in [5.41, 5.74) is 2.21. The zero-order valence-electron chi connectivity index (χ0n) is 9.54. The van der Waals surface area contributed by atoms with Gasteiger partial charge in [-0.05, 0) is 32.0 Å². The Morgan fingerprint density at radius 1 is 1.33 bits per heavy atom. The van der Waals surface area contributed by atoms with Crippen molar-refractivity contribution in [1.29, 1.82) is 0 Å². The number of aromatic nitrogens is 1. The number of pyridine rings is 1. The van der Waals surface area contributed by atoms with Crippen LogP contribution in [0.25, 0.3) is 0 Å². The summed E-state index contributed by atoms with van der Waals surface area (Å²) in [6.07, 6.45) is 1.16. The highest BCUT2D eigenvalue weighted by atomic mass is 35.5. The van der Waals surface area contributed by atoms with Crippen LogP contribution in [0, 0.1) is 6.92 Å². The van der Waals surface area contributed by atoms with Crippen LogP contribution in [0.3, 0.4) is 0 Å². The number of aryl methyl sites for hydroxylation is 1. The molecule has 0 bridgehead atoms. The molecular formula is C12H19ClN2. The first-order chi connectivity index (χ1) is 7.26. The normalized spacial score (nSPS) is 10.9. The van der Waals surface area contributed by atoms with Crippen molar-refractivity contribution in [2.45, 2.75) is 26.8 Å². The lowest BCUT2D eigenvalue weighted by atomic mass is 10.3. The molecule has 0 aromatic carbocycles. The molecule has 0 N–H and O–H groups in total. The standard InChI is InChI=1S/C12H19ClN2/c1-3-8-15(9-7-13)10-12-6-4-5-11(2)14-12/h4-6H,3,7-10H2,1-2H3. The van der Waals surface area contributed by atoms with E-state index < -0.39 is 0 Å². The molecule has 3 heteroatoms. The molecular weight excluding hydrogens is 208 g/mol. The minimum absolute atomic E-state index is 0.686. The lowest BCUT2D eigenvalue weighted by molar-refractivity contribution is 0.279. The van der Waals surface area contributed by atoms with E-state index in [9.17, 15) is 0 Å². The van der Waals surface area contributed by atoms with Gasteiger partial charge in [-0.2, -0.15) is 0 Å². The van der Waals surface area contributed by atoms with Crippen molar-refractivity contribution >= 4 is 11.6 Å². The minimum Gasteiger partial charge on any atom is -0.296 e. The molecule has 84 valence electrons. The Morgan fingerprint density at radius 2 is 2.13 bits per heavy atom. The molecule has 0 saturated carbocycles. The monoisotopic (exact) mass is 226 g/mol. The van der Waals surface area contributed by atoms with Gasteiger partial charge < -0.3 is 0 Å². The molecule has 0 saturated heterocycles. The Hall–Kier alpha value is -0.600. The van der Waals surface area contributed by atoms with E-state index in [0.29, 0.717) is 5.88 Å². The SMILES string of the molecule is CCCN(CCCl)Cc1cccc(C)n1. The topological polar surface area (TPSA) is 16.1 Å². The van der Waals surface area contributed by atoms with Gasteiger partial charge in [0.15, 0.2) is 0 Å². The van der Waals surface area contributed by atoms with Gasteiger partial charge in [-0.15, -0.1) is 11.6 Å². The second-order valence-electron chi connectivity index (χ2n) is 3.74. The van der Waals surface area contributed by atoms with Crippen LogP contribution >= 0.6 is 11.6 Å². The van der Waals surface area contributed by atoms with Crippen LogP contribution in [0.15, 0.2) is 18.2 Å². The summed E-state index contributed by atoms with van der Waals surface area (Å²) in [4.78, 5) is 6.83. The van der Waals surface area contributed by atoms with Crippen LogP contribution in [0.2, 0.25) is 0 Å². The van der Waals surface area contributed by atoms with Crippen molar-refractivity contribution in [2.24, 2.45) is 0 Å². The molecule has 1 heterocycles. The van der Waals surface area contributed by atoms with E-state index in [1.165, 1.54) is 0 Å². The average Bonchev–Trinajstić information content (AvgIpc) is 2.18. The molecule has 0 aliphatic carbocycles. The zero-order chi connectivity index (χ0) is 11.1. The van der Waals surface area contributed by atoms with Crippen molar-refractivity contribution in [3.05, 3.63) is 29.6 Å². The summed E-state index contributed by atoms with van der Waals surface area (Å²) in [5.74, 6) is 0.686.